The molecule has 0 atom stereocenters. The number of carbonyl (C=O) groups is 2. The number of aromatic nitrogens is 1. The molecule has 0 unspecified atom stereocenters. The number of benzene rings is 3. The summed E-state index contributed by atoms with van der Waals surface area (Å²) in [5, 5.41) is 17.0. The van der Waals surface area contributed by atoms with Gasteiger partial charge >= 0.3 is 11.9 Å². The number of rotatable bonds is 7. The number of fused-ring (bicyclic) bond motifs is 1. The molecular formula is C31H33N3O4. The van der Waals surface area contributed by atoms with E-state index in [-0.39, 0.29) is 0 Å². The molecule has 0 amide bonds. The van der Waals surface area contributed by atoms with Crippen LogP contribution in [0, 0.1) is 0 Å². The predicted octanol–water partition coefficient (Wildman–Crippen LogP) is 5.23. The molecule has 1 aliphatic rings. The van der Waals surface area contributed by atoms with E-state index < -0.39 is 11.9 Å². The van der Waals surface area contributed by atoms with Crippen LogP contribution in [-0.4, -0.2) is 57.8 Å². The van der Waals surface area contributed by atoms with Gasteiger partial charge in [0.25, 0.3) is 0 Å². The Morgan fingerprint density at radius 1 is 0.763 bits per heavy atom. The number of para-hydroxylation sites is 3. The van der Waals surface area contributed by atoms with Gasteiger partial charge in [-0.25, -0.2) is 9.59 Å². The van der Waals surface area contributed by atoms with Crippen molar-refractivity contribution in [1.29, 1.82) is 0 Å². The van der Waals surface area contributed by atoms with Gasteiger partial charge in [-0.2, -0.15) is 0 Å². The number of carboxylic acids is 2. The zero-order valence-electron chi connectivity index (χ0n) is 21.5. The van der Waals surface area contributed by atoms with Crippen LogP contribution in [0.15, 0.2) is 97.2 Å². The molecule has 0 bridgehead atoms. The first-order valence-electron chi connectivity index (χ1n) is 12.8. The highest BCUT2D eigenvalue weighted by molar-refractivity contribution is 5.89. The molecule has 7 heteroatoms. The van der Waals surface area contributed by atoms with Crippen LogP contribution in [0.3, 0.4) is 0 Å². The van der Waals surface area contributed by atoms with Gasteiger partial charge in [0.2, 0.25) is 0 Å². The maximum Gasteiger partial charge on any atom is 0.328 e. The van der Waals surface area contributed by atoms with Crippen molar-refractivity contribution >= 4 is 28.5 Å². The Morgan fingerprint density at radius 3 is 2.03 bits per heavy atom. The quantitative estimate of drug-likeness (QED) is 0.331. The zero-order chi connectivity index (χ0) is 26.9. The van der Waals surface area contributed by atoms with Crippen molar-refractivity contribution in [1.82, 2.24) is 9.47 Å². The highest BCUT2D eigenvalue weighted by Gasteiger charge is 2.19. The molecule has 2 N–H and O–H groups in total. The molecule has 38 heavy (non-hydrogen) atoms. The van der Waals surface area contributed by atoms with Gasteiger partial charge in [0.1, 0.15) is 0 Å². The summed E-state index contributed by atoms with van der Waals surface area (Å²) in [7, 11) is 0. The number of aryl methyl sites for hydroxylation is 1. The van der Waals surface area contributed by atoms with Gasteiger partial charge < -0.3 is 19.7 Å². The van der Waals surface area contributed by atoms with Gasteiger partial charge in [-0.05, 0) is 41.8 Å². The Labute approximate surface area is 222 Å². The third kappa shape index (κ3) is 6.69. The molecule has 1 aromatic heterocycles. The normalized spacial score (nSPS) is 13.9. The second-order valence-corrected chi connectivity index (χ2v) is 9.13. The van der Waals surface area contributed by atoms with E-state index in [4.69, 9.17) is 10.2 Å². The van der Waals surface area contributed by atoms with Crippen LogP contribution in [-0.2, 0) is 22.6 Å². The van der Waals surface area contributed by atoms with E-state index in [0.717, 1.165) is 39.1 Å². The van der Waals surface area contributed by atoms with E-state index >= 15 is 0 Å². The molecule has 3 aromatic carbocycles. The summed E-state index contributed by atoms with van der Waals surface area (Å²) < 4.78 is 2.39. The van der Waals surface area contributed by atoms with Crippen molar-refractivity contribution in [3.05, 3.63) is 108 Å². The van der Waals surface area contributed by atoms with Crippen LogP contribution in [0.1, 0.15) is 18.1 Å². The number of anilines is 1. The number of aliphatic carboxylic acids is 2. The number of hydrogen-bond acceptors (Lipinski definition) is 4. The molecule has 2 heterocycles. The maximum atomic E-state index is 9.55. The summed E-state index contributed by atoms with van der Waals surface area (Å²) in [4.78, 5) is 24.2. The molecular weight excluding hydrogens is 478 g/mol. The Hall–Kier alpha value is -4.36. The summed E-state index contributed by atoms with van der Waals surface area (Å²) >= 11 is 0. The first-order valence-corrected chi connectivity index (χ1v) is 12.8. The maximum absolute atomic E-state index is 9.55. The lowest BCUT2D eigenvalue weighted by molar-refractivity contribution is -0.134. The van der Waals surface area contributed by atoms with E-state index in [0.29, 0.717) is 12.2 Å². The first kappa shape index (κ1) is 26.7. The van der Waals surface area contributed by atoms with E-state index in [1.165, 1.54) is 33.4 Å². The van der Waals surface area contributed by atoms with Crippen LogP contribution in [0.2, 0.25) is 0 Å². The number of hydrogen-bond donors (Lipinski definition) is 2. The van der Waals surface area contributed by atoms with Gasteiger partial charge in [0, 0.05) is 67.8 Å². The molecule has 7 nitrogen and oxygen atoms in total. The zero-order valence-corrected chi connectivity index (χ0v) is 21.5. The van der Waals surface area contributed by atoms with Gasteiger partial charge in [0.15, 0.2) is 0 Å². The highest BCUT2D eigenvalue weighted by Crippen LogP contribution is 2.28. The second-order valence-electron chi connectivity index (χ2n) is 9.13. The molecule has 196 valence electrons. The molecule has 1 aliphatic heterocycles. The van der Waals surface area contributed by atoms with Crippen molar-refractivity contribution in [3.63, 3.8) is 0 Å². The van der Waals surface area contributed by atoms with Crippen molar-refractivity contribution < 1.29 is 19.8 Å². The summed E-state index contributed by atoms with van der Waals surface area (Å²) in [6.07, 6.45) is 4.52. The molecule has 1 fully saturated rings. The largest absolute Gasteiger partial charge is 0.478 e. The minimum absolute atomic E-state index is 0.558. The summed E-state index contributed by atoms with van der Waals surface area (Å²) in [5.41, 5.74) is 6.75. The number of nitrogens with zero attached hydrogens (tertiary/aromatic N) is 3. The highest BCUT2D eigenvalue weighted by atomic mass is 16.4. The van der Waals surface area contributed by atoms with Crippen LogP contribution >= 0.6 is 0 Å². The Bertz CT molecular complexity index is 1390. The van der Waals surface area contributed by atoms with E-state index in [2.05, 4.69) is 106 Å². The van der Waals surface area contributed by atoms with Gasteiger partial charge in [-0.1, -0.05) is 61.5 Å². The molecule has 0 radical (unpaired) electrons. The molecule has 4 aromatic rings. The molecule has 5 rings (SSSR count). The van der Waals surface area contributed by atoms with Crippen LogP contribution in [0.5, 0.6) is 0 Å². The minimum Gasteiger partial charge on any atom is -0.478 e. The van der Waals surface area contributed by atoms with Crippen molar-refractivity contribution in [2.45, 2.75) is 19.9 Å². The van der Waals surface area contributed by atoms with Gasteiger partial charge in [-0.15, -0.1) is 0 Å². The summed E-state index contributed by atoms with van der Waals surface area (Å²) in [6.45, 7) is 7.60. The van der Waals surface area contributed by atoms with Crippen molar-refractivity contribution in [3.8, 4) is 5.69 Å². The summed E-state index contributed by atoms with van der Waals surface area (Å²) in [5.74, 6) is -2.51. The molecule has 0 aliphatic carbocycles. The van der Waals surface area contributed by atoms with Gasteiger partial charge in [-0.3, -0.25) is 4.90 Å². The third-order valence-electron chi connectivity index (χ3n) is 6.68. The topological polar surface area (TPSA) is 86.0 Å². The van der Waals surface area contributed by atoms with Crippen LogP contribution in [0.4, 0.5) is 5.69 Å². The molecule has 0 saturated carbocycles. The Balaban J connectivity index is 0.000000368. The standard InChI is InChI=1S/C27H29N3.C4H4O4/c1-2-22-10-6-8-14-26(22)30-21-23(25-13-7-9-15-27(25)30)20-28-16-18-29(19-17-28)24-11-4-3-5-12-24;5-3(6)1-2-4(7)8/h3-15,21H,2,16-20H2,1H3;1-2H,(H,5,6)(H,7,8)/b;2-1+. The SMILES string of the molecule is CCc1ccccc1-n1cc(CN2CCN(c3ccccc3)CC2)c2ccccc21.O=C(O)/C=C/C(=O)O. The van der Waals surface area contributed by atoms with Crippen LogP contribution in [0.25, 0.3) is 16.6 Å². The number of piperazine rings is 1. The molecule has 1 saturated heterocycles. The first-order chi connectivity index (χ1) is 18.5. The average molecular weight is 512 g/mol. The van der Waals surface area contributed by atoms with Crippen LogP contribution < -0.4 is 4.90 Å². The third-order valence-corrected chi connectivity index (χ3v) is 6.68. The smallest absolute Gasteiger partial charge is 0.328 e. The number of carboxylic acid groups (broad SMARTS) is 2. The fourth-order valence-corrected chi connectivity index (χ4v) is 4.81. The molecule has 0 spiro atoms. The Morgan fingerprint density at radius 2 is 1.37 bits per heavy atom. The van der Waals surface area contributed by atoms with E-state index in [1.54, 1.807) is 0 Å². The summed E-state index contributed by atoms with van der Waals surface area (Å²) in [6, 6.07) is 28.4. The van der Waals surface area contributed by atoms with E-state index in [9.17, 15) is 9.59 Å². The lowest BCUT2D eigenvalue weighted by Crippen LogP contribution is -2.45. The Kier molecular flexibility index (Phi) is 8.95. The van der Waals surface area contributed by atoms with Crippen molar-refractivity contribution in [2.75, 3.05) is 31.1 Å². The van der Waals surface area contributed by atoms with E-state index in [1.807, 2.05) is 0 Å². The predicted molar refractivity (Wildman–Crippen MR) is 151 cm³/mol. The minimum atomic E-state index is -1.26. The fourth-order valence-electron chi connectivity index (χ4n) is 4.81. The lowest BCUT2D eigenvalue weighted by atomic mass is 10.1. The monoisotopic (exact) mass is 511 g/mol. The van der Waals surface area contributed by atoms with Gasteiger partial charge in [0.05, 0.1) is 5.52 Å². The van der Waals surface area contributed by atoms with Crippen molar-refractivity contribution in [2.24, 2.45) is 0 Å². The fraction of sp³-hybridized carbons (Fsp3) is 0.226. The lowest BCUT2D eigenvalue weighted by Gasteiger charge is -2.36. The second kappa shape index (κ2) is 12.7. The average Bonchev–Trinajstić information content (AvgIpc) is 3.31.